The first-order chi connectivity index (χ1) is 10.5. The molecule has 1 aliphatic rings. The van der Waals surface area contributed by atoms with Gasteiger partial charge in [0.15, 0.2) is 11.5 Å². The van der Waals surface area contributed by atoms with Gasteiger partial charge in [0, 0.05) is 11.8 Å². The molecule has 0 fully saturated rings. The van der Waals surface area contributed by atoms with Gasteiger partial charge in [-0.1, -0.05) is 0 Å². The fourth-order valence-corrected chi connectivity index (χ4v) is 3.81. The van der Waals surface area contributed by atoms with Crippen molar-refractivity contribution >= 4 is 26.0 Å². The maximum Gasteiger partial charge on any atom is 0.241 e. The van der Waals surface area contributed by atoms with Crippen LogP contribution in [0.1, 0.15) is 11.4 Å². The summed E-state index contributed by atoms with van der Waals surface area (Å²) in [5.74, 6) is 0.935. The van der Waals surface area contributed by atoms with E-state index in [1.807, 2.05) is 6.92 Å². The van der Waals surface area contributed by atoms with Crippen LogP contribution < -0.4 is 14.2 Å². The molecule has 0 radical (unpaired) electrons. The number of aromatic amines is 1. The number of rotatable bonds is 4. The highest BCUT2D eigenvalue weighted by molar-refractivity contribution is 9.10. The zero-order chi connectivity index (χ0) is 15.7. The Kier molecular flexibility index (Phi) is 4.11. The lowest BCUT2D eigenvalue weighted by molar-refractivity contribution is 0.170. The number of hydrogen-bond acceptors (Lipinski definition) is 5. The molecule has 0 unspecified atom stereocenters. The number of aromatic nitrogens is 2. The normalized spacial score (nSPS) is 14.1. The van der Waals surface area contributed by atoms with E-state index in [9.17, 15) is 8.42 Å². The maximum absolute atomic E-state index is 12.4. The molecule has 0 bridgehead atoms. The number of ether oxygens (including phenoxy) is 2. The third-order valence-corrected chi connectivity index (χ3v) is 5.05. The number of sulfonamides is 1. The van der Waals surface area contributed by atoms with E-state index in [0.717, 1.165) is 5.69 Å². The summed E-state index contributed by atoms with van der Waals surface area (Å²) in [5, 5.41) is 6.76. The van der Waals surface area contributed by atoms with E-state index in [2.05, 4.69) is 30.8 Å². The number of benzene rings is 1. The molecule has 1 aromatic heterocycles. The van der Waals surface area contributed by atoms with Gasteiger partial charge in [-0.05, 0) is 35.0 Å². The molecular weight excluding hydrogens is 374 g/mol. The van der Waals surface area contributed by atoms with Crippen molar-refractivity contribution in [3.63, 3.8) is 0 Å². The van der Waals surface area contributed by atoms with Gasteiger partial charge in [0.25, 0.3) is 0 Å². The van der Waals surface area contributed by atoms with Crippen LogP contribution in [0.2, 0.25) is 0 Å². The fourth-order valence-electron chi connectivity index (χ4n) is 2.06. The quantitative estimate of drug-likeness (QED) is 0.832. The van der Waals surface area contributed by atoms with Gasteiger partial charge in [0.2, 0.25) is 10.0 Å². The second kappa shape index (κ2) is 5.90. The summed E-state index contributed by atoms with van der Waals surface area (Å²) < 4.78 is 38.7. The smallest absolute Gasteiger partial charge is 0.241 e. The van der Waals surface area contributed by atoms with Gasteiger partial charge >= 0.3 is 0 Å². The number of nitrogens with zero attached hydrogens (tertiary/aromatic N) is 1. The molecule has 0 amide bonds. The monoisotopic (exact) mass is 387 g/mol. The zero-order valence-corrected chi connectivity index (χ0v) is 14.1. The van der Waals surface area contributed by atoms with Crippen LogP contribution >= 0.6 is 15.9 Å². The number of H-pyrrole nitrogens is 1. The molecule has 3 rings (SSSR count). The van der Waals surface area contributed by atoms with Crippen molar-refractivity contribution < 1.29 is 17.9 Å². The van der Waals surface area contributed by atoms with Gasteiger partial charge < -0.3 is 9.47 Å². The molecule has 7 nitrogen and oxygen atoms in total. The Bertz CT molecular complexity index is 804. The Hall–Kier alpha value is -1.58. The summed E-state index contributed by atoms with van der Waals surface area (Å²) >= 11 is 3.31. The van der Waals surface area contributed by atoms with Gasteiger partial charge in [-0.2, -0.15) is 5.10 Å². The molecule has 1 aromatic carbocycles. The number of halogens is 1. The molecule has 2 aromatic rings. The average molecular weight is 388 g/mol. The van der Waals surface area contributed by atoms with Crippen molar-refractivity contribution in [3.05, 3.63) is 34.1 Å². The molecule has 22 heavy (non-hydrogen) atoms. The molecule has 1 aliphatic heterocycles. The summed E-state index contributed by atoms with van der Waals surface area (Å²) in [4.78, 5) is 0.107. The topological polar surface area (TPSA) is 93.3 Å². The van der Waals surface area contributed by atoms with Crippen LogP contribution in [0, 0.1) is 6.92 Å². The lowest BCUT2D eigenvalue weighted by Crippen LogP contribution is -2.24. The first-order valence-corrected chi connectivity index (χ1v) is 8.83. The predicted molar refractivity (Wildman–Crippen MR) is 82.5 cm³/mol. The minimum Gasteiger partial charge on any atom is -0.486 e. The number of aryl methyl sites for hydroxylation is 1. The van der Waals surface area contributed by atoms with Gasteiger partial charge in [0.1, 0.15) is 13.2 Å². The molecule has 2 heterocycles. The first kappa shape index (κ1) is 15.3. The zero-order valence-electron chi connectivity index (χ0n) is 11.7. The van der Waals surface area contributed by atoms with Gasteiger partial charge in [-0.15, -0.1) is 0 Å². The van der Waals surface area contributed by atoms with E-state index in [4.69, 9.17) is 9.47 Å². The van der Waals surface area contributed by atoms with Crippen molar-refractivity contribution in [1.82, 2.24) is 14.9 Å². The minimum atomic E-state index is -3.67. The van der Waals surface area contributed by atoms with Crippen molar-refractivity contribution in [3.8, 4) is 11.5 Å². The highest BCUT2D eigenvalue weighted by Gasteiger charge is 2.22. The second-order valence-electron chi connectivity index (χ2n) is 4.80. The van der Waals surface area contributed by atoms with Crippen LogP contribution in [0.4, 0.5) is 0 Å². The van der Waals surface area contributed by atoms with Crippen molar-refractivity contribution in [2.45, 2.75) is 18.4 Å². The third-order valence-electron chi connectivity index (χ3n) is 3.08. The Balaban J connectivity index is 1.84. The van der Waals surface area contributed by atoms with E-state index < -0.39 is 10.0 Å². The van der Waals surface area contributed by atoms with Crippen LogP contribution in [0.5, 0.6) is 11.5 Å². The van der Waals surface area contributed by atoms with Crippen molar-refractivity contribution in [1.29, 1.82) is 0 Å². The summed E-state index contributed by atoms with van der Waals surface area (Å²) in [6.45, 7) is 2.79. The molecule has 2 N–H and O–H groups in total. The minimum absolute atomic E-state index is 0.107. The molecule has 9 heteroatoms. The average Bonchev–Trinajstić information content (AvgIpc) is 2.91. The van der Waals surface area contributed by atoms with Crippen molar-refractivity contribution in [2.24, 2.45) is 0 Å². The lowest BCUT2D eigenvalue weighted by atomic mass is 10.3. The van der Waals surface area contributed by atoms with Gasteiger partial charge in [-0.25, -0.2) is 13.1 Å². The van der Waals surface area contributed by atoms with Crippen molar-refractivity contribution in [2.75, 3.05) is 13.2 Å². The molecule has 0 atom stereocenters. The SMILES string of the molecule is Cc1cc(CNS(=O)(=O)c2cc(Br)c3c(c2)OCCO3)n[nH]1. The first-order valence-electron chi connectivity index (χ1n) is 6.55. The molecule has 0 spiro atoms. The van der Waals surface area contributed by atoms with Crippen LogP contribution in [-0.4, -0.2) is 31.8 Å². The highest BCUT2D eigenvalue weighted by Crippen LogP contribution is 2.39. The van der Waals surface area contributed by atoms with E-state index in [-0.39, 0.29) is 11.4 Å². The number of nitrogens with one attached hydrogen (secondary N) is 2. The van der Waals surface area contributed by atoms with E-state index in [1.54, 1.807) is 6.07 Å². The molecule has 0 saturated carbocycles. The Morgan fingerprint density at radius 3 is 2.82 bits per heavy atom. The standard InChI is InChI=1S/C13H14BrN3O4S/c1-8-4-9(17-16-8)7-15-22(18,19)10-5-11(14)13-12(6-10)20-2-3-21-13/h4-6,15H,2-3,7H2,1H3,(H,16,17). The summed E-state index contributed by atoms with van der Waals surface area (Å²) in [6, 6.07) is 4.73. The van der Waals surface area contributed by atoms with Gasteiger partial charge in [-0.3, -0.25) is 5.10 Å². The van der Waals surface area contributed by atoms with E-state index in [1.165, 1.54) is 12.1 Å². The molecular formula is C13H14BrN3O4S. The second-order valence-corrected chi connectivity index (χ2v) is 7.42. The Morgan fingerprint density at radius 2 is 2.09 bits per heavy atom. The predicted octanol–water partition coefficient (Wildman–Crippen LogP) is 1.73. The lowest BCUT2D eigenvalue weighted by Gasteiger charge is -2.20. The molecule has 0 saturated heterocycles. The fraction of sp³-hybridized carbons (Fsp3) is 0.308. The maximum atomic E-state index is 12.4. The number of fused-ring (bicyclic) bond motifs is 1. The Labute approximate surface area is 136 Å². The summed E-state index contributed by atoms with van der Waals surface area (Å²) in [5.41, 5.74) is 1.49. The summed E-state index contributed by atoms with van der Waals surface area (Å²) in [6.07, 6.45) is 0. The number of hydrogen-bond donors (Lipinski definition) is 2. The molecule has 118 valence electrons. The van der Waals surface area contributed by atoms with Crippen LogP contribution in [0.15, 0.2) is 27.6 Å². The van der Waals surface area contributed by atoms with Crippen LogP contribution in [0.25, 0.3) is 0 Å². The van der Waals surface area contributed by atoms with E-state index >= 15 is 0 Å². The largest absolute Gasteiger partial charge is 0.486 e. The summed E-state index contributed by atoms with van der Waals surface area (Å²) in [7, 11) is -3.67. The Morgan fingerprint density at radius 1 is 1.32 bits per heavy atom. The van der Waals surface area contributed by atoms with Crippen LogP contribution in [0.3, 0.4) is 0 Å². The van der Waals surface area contributed by atoms with Gasteiger partial charge in [0.05, 0.1) is 21.6 Å². The van der Waals surface area contributed by atoms with E-state index in [0.29, 0.717) is 34.9 Å². The van der Waals surface area contributed by atoms with Crippen LogP contribution in [-0.2, 0) is 16.6 Å². The molecule has 0 aliphatic carbocycles. The third kappa shape index (κ3) is 3.11. The highest BCUT2D eigenvalue weighted by atomic mass is 79.9.